The Kier molecular flexibility index (Phi) is 7.02. The highest BCUT2D eigenvalue weighted by molar-refractivity contribution is 8.22. The molecule has 0 fully saturated rings. The molecule has 24 heavy (non-hydrogen) atoms. The van der Waals surface area contributed by atoms with E-state index in [2.05, 4.69) is 10.6 Å². The Morgan fingerprint density at radius 2 is 1.75 bits per heavy atom. The van der Waals surface area contributed by atoms with Crippen LogP contribution in [-0.4, -0.2) is 28.4 Å². The molecule has 0 bridgehead atoms. The Morgan fingerprint density at radius 3 is 2.54 bits per heavy atom. The number of fused-ring (bicyclic) bond motifs is 1. The summed E-state index contributed by atoms with van der Waals surface area (Å²) >= 11 is 6.05. The minimum absolute atomic E-state index is 0.136. The zero-order valence-electron chi connectivity index (χ0n) is 13.1. The number of carbonyl (C=O) groups is 2. The van der Waals surface area contributed by atoms with Crippen LogP contribution in [0.4, 0.5) is 5.69 Å². The number of hydrogen-bond acceptors (Lipinski definition) is 4. The molecule has 0 spiro atoms. The summed E-state index contributed by atoms with van der Waals surface area (Å²) in [5.74, 6) is 0.286. The van der Waals surface area contributed by atoms with Gasteiger partial charge in [0.1, 0.15) is 4.32 Å². The first-order chi connectivity index (χ1) is 11.6. The maximum absolute atomic E-state index is 12.1. The van der Waals surface area contributed by atoms with Crippen LogP contribution in [-0.2, 0) is 9.59 Å². The van der Waals surface area contributed by atoms with E-state index in [1.807, 2.05) is 42.5 Å². The van der Waals surface area contributed by atoms with Gasteiger partial charge in [-0.25, -0.2) is 0 Å². The van der Waals surface area contributed by atoms with Gasteiger partial charge in [0.2, 0.25) is 11.8 Å². The SMILES string of the molecule is NC(=S)SCCNC(=O)CCC(=O)Nc1cccc2ccccc12. The number of amides is 2. The highest BCUT2D eigenvalue weighted by Crippen LogP contribution is 2.23. The molecule has 0 saturated heterocycles. The fraction of sp³-hybridized carbons (Fsp3) is 0.235. The van der Waals surface area contributed by atoms with E-state index in [-0.39, 0.29) is 24.7 Å². The average Bonchev–Trinajstić information content (AvgIpc) is 2.57. The van der Waals surface area contributed by atoms with E-state index < -0.39 is 0 Å². The lowest BCUT2D eigenvalue weighted by molar-refractivity contribution is -0.124. The van der Waals surface area contributed by atoms with E-state index in [1.165, 1.54) is 11.8 Å². The molecule has 0 heterocycles. The van der Waals surface area contributed by atoms with E-state index in [0.717, 1.165) is 16.5 Å². The van der Waals surface area contributed by atoms with Crippen LogP contribution in [0.1, 0.15) is 12.8 Å². The number of nitrogens with two attached hydrogens (primary N) is 1. The zero-order valence-corrected chi connectivity index (χ0v) is 14.7. The number of nitrogens with one attached hydrogen (secondary N) is 2. The van der Waals surface area contributed by atoms with Gasteiger partial charge in [-0.15, -0.1) is 0 Å². The van der Waals surface area contributed by atoms with Crippen molar-refractivity contribution in [1.29, 1.82) is 0 Å². The topological polar surface area (TPSA) is 84.2 Å². The van der Waals surface area contributed by atoms with Crippen molar-refractivity contribution in [2.24, 2.45) is 5.73 Å². The van der Waals surface area contributed by atoms with Crippen LogP contribution < -0.4 is 16.4 Å². The third-order valence-electron chi connectivity index (χ3n) is 3.31. The molecule has 2 rings (SSSR count). The summed E-state index contributed by atoms with van der Waals surface area (Å²) in [7, 11) is 0. The van der Waals surface area contributed by atoms with Gasteiger partial charge < -0.3 is 16.4 Å². The lowest BCUT2D eigenvalue weighted by Crippen LogP contribution is -2.27. The summed E-state index contributed by atoms with van der Waals surface area (Å²) in [6, 6.07) is 13.6. The molecular formula is C17H19N3O2S2. The first kappa shape index (κ1) is 18.2. The summed E-state index contributed by atoms with van der Waals surface area (Å²) < 4.78 is 0.360. The van der Waals surface area contributed by atoms with Gasteiger partial charge in [0, 0.05) is 36.2 Å². The van der Waals surface area contributed by atoms with Crippen LogP contribution in [0, 0.1) is 0 Å². The number of thiocarbonyl (C=S) groups is 1. The van der Waals surface area contributed by atoms with Gasteiger partial charge in [-0.05, 0) is 11.5 Å². The molecule has 0 unspecified atom stereocenters. The molecule has 0 saturated carbocycles. The maximum atomic E-state index is 12.1. The Morgan fingerprint density at radius 1 is 1.04 bits per heavy atom. The van der Waals surface area contributed by atoms with Gasteiger partial charge in [0.15, 0.2) is 0 Å². The van der Waals surface area contributed by atoms with Crippen molar-refractivity contribution in [2.75, 3.05) is 17.6 Å². The standard InChI is InChI=1S/C17H19N3O2S2/c18-17(23)24-11-10-19-15(21)8-9-16(22)20-14-7-3-5-12-4-1-2-6-13(12)14/h1-7H,8-11H2,(H2,18,23)(H,19,21)(H,20,22). The molecular weight excluding hydrogens is 342 g/mol. The minimum Gasteiger partial charge on any atom is -0.385 e. The third-order valence-corrected chi connectivity index (χ3v) is 4.36. The quantitative estimate of drug-likeness (QED) is 0.521. The summed E-state index contributed by atoms with van der Waals surface area (Å²) in [4.78, 5) is 23.7. The molecule has 2 amide bonds. The zero-order chi connectivity index (χ0) is 17.4. The van der Waals surface area contributed by atoms with Gasteiger partial charge in [-0.2, -0.15) is 0 Å². The van der Waals surface area contributed by atoms with Gasteiger partial charge in [0.05, 0.1) is 0 Å². The molecule has 5 nitrogen and oxygen atoms in total. The van der Waals surface area contributed by atoms with Crippen molar-refractivity contribution in [3.63, 3.8) is 0 Å². The minimum atomic E-state index is -0.181. The van der Waals surface area contributed by atoms with Crippen LogP contribution in [0.3, 0.4) is 0 Å². The molecule has 2 aromatic rings. The molecule has 7 heteroatoms. The van der Waals surface area contributed by atoms with Crippen LogP contribution in [0.25, 0.3) is 10.8 Å². The predicted molar refractivity (Wildman–Crippen MR) is 104 cm³/mol. The number of hydrogen-bond donors (Lipinski definition) is 3. The second kappa shape index (κ2) is 9.24. The average molecular weight is 361 g/mol. The van der Waals surface area contributed by atoms with Crippen LogP contribution in [0.5, 0.6) is 0 Å². The largest absolute Gasteiger partial charge is 0.385 e. The van der Waals surface area contributed by atoms with E-state index in [9.17, 15) is 9.59 Å². The Balaban J connectivity index is 1.78. The Bertz CT molecular complexity index is 744. The van der Waals surface area contributed by atoms with Crippen LogP contribution in [0.15, 0.2) is 42.5 Å². The normalized spacial score (nSPS) is 10.3. The van der Waals surface area contributed by atoms with Gasteiger partial charge in [-0.1, -0.05) is 60.4 Å². The van der Waals surface area contributed by atoms with Gasteiger partial charge in [-0.3, -0.25) is 9.59 Å². The predicted octanol–water partition coefficient (Wildman–Crippen LogP) is 2.65. The summed E-state index contributed by atoms with van der Waals surface area (Å²) in [6.45, 7) is 0.478. The Labute approximate surface area is 150 Å². The number of thioether (sulfide) groups is 1. The summed E-state index contributed by atoms with van der Waals surface area (Å²) in [6.07, 6.45) is 0.284. The van der Waals surface area contributed by atoms with E-state index in [4.69, 9.17) is 18.0 Å². The molecule has 0 aliphatic rings. The Hall–Kier alpha value is -2.12. The van der Waals surface area contributed by atoms with Crippen molar-refractivity contribution in [3.8, 4) is 0 Å². The van der Waals surface area contributed by atoms with Crippen molar-refractivity contribution < 1.29 is 9.59 Å². The molecule has 4 N–H and O–H groups in total. The van der Waals surface area contributed by atoms with Gasteiger partial charge in [0.25, 0.3) is 0 Å². The highest BCUT2D eigenvalue weighted by Gasteiger charge is 2.08. The molecule has 0 aliphatic heterocycles. The molecule has 0 atom stereocenters. The molecule has 0 radical (unpaired) electrons. The lowest BCUT2D eigenvalue weighted by atomic mass is 10.1. The molecule has 126 valence electrons. The third kappa shape index (κ3) is 5.82. The molecule has 0 aromatic heterocycles. The second-order valence-electron chi connectivity index (χ2n) is 5.09. The first-order valence-electron chi connectivity index (χ1n) is 7.53. The van der Waals surface area contributed by atoms with Crippen molar-refractivity contribution in [1.82, 2.24) is 5.32 Å². The van der Waals surface area contributed by atoms with Gasteiger partial charge >= 0.3 is 0 Å². The van der Waals surface area contributed by atoms with Crippen LogP contribution in [0.2, 0.25) is 0 Å². The highest BCUT2D eigenvalue weighted by atomic mass is 32.2. The van der Waals surface area contributed by atoms with Crippen LogP contribution >= 0.6 is 24.0 Å². The lowest BCUT2D eigenvalue weighted by Gasteiger charge is -2.09. The van der Waals surface area contributed by atoms with Crippen molar-refractivity contribution in [2.45, 2.75) is 12.8 Å². The van der Waals surface area contributed by atoms with Crippen molar-refractivity contribution >= 4 is 56.6 Å². The fourth-order valence-electron chi connectivity index (χ4n) is 2.20. The molecule has 2 aromatic carbocycles. The number of carbonyl (C=O) groups excluding carboxylic acids is 2. The van der Waals surface area contributed by atoms with E-state index >= 15 is 0 Å². The summed E-state index contributed by atoms with van der Waals surface area (Å²) in [5.41, 5.74) is 6.11. The molecule has 0 aliphatic carbocycles. The summed E-state index contributed by atoms with van der Waals surface area (Å²) in [5, 5.41) is 7.64. The van der Waals surface area contributed by atoms with Crippen molar-refractivity contribution in [3.05, 3.63) is 42.5 Å². The number of benzene rings is 2. The van der Waals surface area contributed by atoms with E-state index in [0.29, 0.717) is 16.6 Å². The fourth-order valence-corrected chi connectivity index (χ4v) is 2.86. The first-order valence-corrected chi connectivity index (χ1v) is 8.92. The van der Waals surface area contributed by atoms with E-state index in [1.54, 1.807) is 0 Å². The monoisotopic (exact) mass is 361 g/mol. The smallest absolute Gasteiger partial charge is 0.224 e. The number of anilines is 1. The second-order valence-corrected chi connectivity index (χ2v) is 6.93. The number of rotatable bonds is 7. The maximum Gasteiger partial charge on any atom is 0.224 e.